The van der Waals surface area contributed by atoms with Gasteiger partial charge in [0.05, 0.1) is 18.5 Å². The fourth-order valence-electron chi connectivity index (χ4n) is 3.94. The number of benzene rings is 2. The van der Waals surface area contributed by atoms with Crippen molar-refractivity contribution in [3.63, 3.8) is 0 Å². The van der Waals surface area contributed by atoms with Crippen LogP contribution in [0.5, 0.6) is 11.5 Å². The molecule has 4 nitrogen and oxygen atoms in total. The molecular formula is C23H31O4P. The summed E-state index contributed by atoms with van der Waals surface area (Å²) in [6.45, 7) is 6.67. The van der Waals surface area contributed by atoms with E-state index in [-0.39, 0.29) is 6.10 Å². The van der Waals surface area contributed by atoms with E-state index in [0.717, 1.165) is 18.6 Å². The van der Waals surface area contributed by atoms with Gasteiger partial charge in [-0.05, 0) is 67.0 Å². The van der Waals surface area contributed by atoms with Crippen molar-refractivity contribution < 1.29 is 18.3 Å². The topological polar surface area (TPSA) is 44.8 Å². The quantitative estimate of drug-likeness (QED) is 0.527. The fourth-order valence-corrected chi connectivity index (χ4v) is 5.74. The van der Waals surface area contributed by atoms with Gasteiger partial charge in [-0.3, -0.25) is 4.52 Å². The second-order valence-corrected chi connectivity index (χ2v) is 9.97. The van der Waals surface area contributed by atoms with Crippen molar-refractivity contribution in [2.75, 3.05) is 7.11 Å². The Morgan fingerprint density at radius 1 is 0.964 bits per heavy atom. The molecule has 0 amide bonds. The third-order valence-electron chi connectivity index (χ3n) is 5.59. The molecule has 2 aromatic rings. The monoisotopic (exact) mass is 402 g/mol. The second-order valence-electron chi connectivity index (χ2n) is 8.07. The summed E-state index contributed by atoms with van der Waals surface area (Å²) in [5.41, 5.74) is 0. The Kier molecular flexibility index (Phi) is 6.85. The van der Waals surface area contributed by atoms with E-state index in [0.29, 0.717) is 28.8 Å². The predicted octanol–water partition coefficient (Wildman–Crippen LogP) is 6.07. The number of hydrogen-bond donors (Lipinski definition) is 0. The Labute approximate surface area is 168 Å². The molecule has 0 unspecified atom stereocenters. The molecule has 3 rings (SSSR count). The van der Waals surface area contributed by atoms with Gasteiger partial charge in [0.15, 0.2) is 0 Å². The molecule has 2 aromatic carbocycles. The minimum Gasteiger partial charge on any atom is -0.497 e. The Bertz CT molecular complexity index is 788. The van der Waals surface area contributed by atoms with Gasteiger partial charge < -0.3 is 9.26 Å². The van der Waals surface area contributed by atoms with Gasteiger partial charge in [-0.25, -0.2) is 4.57 Å². The standard InChI is InChI=1S/C23H31O4P/c1-17(2)22-15-10-18(3)16-23(22)27-28(24,21-8-6-5-7-9-21)26-20-13-11-19(25-4)12-14-20/h5-9,11-14,17-18,22-23H,10,15-16H2,1-4H3/t18-,22+,23-,28+/m1/s1. The van der Waals surface area contributed by atoms with Gasteiger partial charge >= 0.3 is 7.60 Å². The molecule has 0 spiro atoms. The van der Waals surface area contributed by atoms with Crippen molar-refractivity contribution in [3.8, 4) is 11.5 Å². The average Bonchev–Trinajstić information content (AvgIpc) is 2.69. The Morgan fingerprint density at radius 3 is 2.21 bits per heavy atom. The summed E-state index contributed by atoms with van der Waals surface area (Å²) in [6, 6.07) is 16.4. The minimum atomic E-state index is -3.53. The Morgan fingerprint density at radius 2 is 1.61 bits per heavy atom. The van der Waals surface area contributed by atoms with E-state index in [4.69, 9.17) is 13.8 Å². The highest BCUT2D eigenvalue weighted by molar-refractivity contribution is 7.62. The molecule has 4 atom stereocenters. The molecular weight excluding hydrogens is 371 g/mol. The molecule has 0 N–H and O–H groups in total. The molecule has 1 fully saturated rings. The smallest absolute Gasteiger partial charge is 0.411 e. The first-order valence-corrected chi connectivity index (χ1v) is 11.6. The van der Waals surface area contributed by atoms with Crippen LogP contribution in [0.1, 0.15) is 40.0 Å². The maximum absolute atomic E-state index is 14.0. The van der Waals surface area contributed by atoms with Crippen LogP contribution in [0.25, 0.3) is 0 Å². The van der Waals surface area contributed by atoms with Crippen molar-refractivity contribution in [2.45, 2.75) is 46.1 Å². The molecule has 28 heavy (non-hydrogen) atoms. The zero-order valence-corrected chi connectivity index (χ0v) is 18.1. The van der Waals surface area contributed by atoms with Crippen LogP contribution in [-0.4, -0.2) is 13.2 Å². The highest BCUT2D eigenvalue weighted by Crippen LogP contribution is 2.52. The lowest BCUT2D eigenvalue weighted by molar-refractivity contribution is 0.0414. The molecule has 0 bridgehead atoms. The van der Waals surface area contributed by atoms with Crippen molar-refractivity contribution in [1.29, 1.82) is 0 Å². The van der Waals surface area contributed by atoms with Crippen LogP contribution in [0.3, 0.4) is 0 Å². The zero-order valence-electron chi connectivity index (χ0n) is 17.2. The highest BCUT2D eigenvalue weighted by Gasteiger charge is 2.39. The van der Waals surface area contributed by atoms with E-state index < -0.39 is 7.60 Å². The third-order valence-corrected chi connectivity index (χ3v) is 7.52. The molecule has 1 saturated carbocycles. The summed E-state index contributed by atoms with van der Waals surface area (Å²) in [4.78, 5) is 0. The van der Waals surface area contributed by atoms with Gasteiger partial charge in [0.1, 0.15) is 11.5 Å². The summed E-state index contributed by atoms with van der Waals surface area (Å²) in [7, 11) is -1.91. The van der Waals surface area contributed by atoms with E-state index in [9.17, 15) is 4.57 Å². The van der Waals surface area contributed by atoms with Gasteiger partial charge in [0.25, 0.3) is 0 Å². The molecule has 0 aliphatic heterocycles. The van der Waals surface area contributed by atoms with E-state index in [1.165, 1.54) is 6.42 Å². The van der Waals surface area contributed by atoms with Crippen molar-refractivity contribution in [2.24, 2.45) is 17.8 Å². The first-order valence-electron chi connectivity index (χ1n) is 10.1. The number of ether oxygens (including phenoxy) is 1. The average molecular weight is 402 g/mol. The summed E-state index contributed by atoms with van der Waals surface area (Å²) in [5.74, 6) is 2.65. The number of hydrogen-bond acceptors (Lipinski definition) is 4. The Balaban J connectivity index is 1.90. The maximum atomic E-state index is 14.0. The third kappa shape index (κ3) is 4.98. The highest BCUT2D eigenvalue weighted by atomic mass is 31.2. The van der Waals surface area contributed by atoms with Gasteiger partial charge in [-0.15, -0.1) is 0 Å². The lowest BCUT2D eigenvalue weighted by Gasteiger charge is -2.38. The van der Waals surface area contributed by atoms with Crippen LogP contribution < -0.4 is 14.6 Å². The molecule has 0 saturated heterocycles. The molecule has 152 valence electrons. The van der Waals surface area contributed by atoms with E-state index in [2.05, 4.69) is 20.8 Å². The lowest BCUT2D eigenvalue weighted by Crippen LogP contribution is -2.35. The number of methoxy groups -OCH3 is 1. The normalized spacial score (nSPS) is 24.5. The van der Waals surface area contributed by atoms with Gasteiger partial charge in [-0.2, -0.15) is 0 Å². The van der Waals surface area contributed by atoms with Gasteiger partial charge in [0, 0.05) is 0 Å². The lowest BCUT2D eigenvalue weighted by atomic mass is 9.75. The zero-order chi connectivity index (χ0) is 20.1. The fraction of sp³-hybridized carbons (Fsp3) is 0.478. The van der Waals surface area contributed by atoms with Crippen LogP contribution in [0, 0.1) is 17.8 Å². The van der Waals surface area contributed by atoms with E-state index in [1.54, 1.807) is 31.4 Å². The summed E-state index contributed by atoms with van der Waals surface area (Å²) in [6.07, 6.45) is 3.12. The number of rotatable bonds is 7. The largest absolute Gasteiger partial charge is 0.497 e. The second kappa shape index (κ2) is 9.15. The van der Waals surface area contributed by atoms with Crippen LogP contribution >= 0.6 is 7.60 Å². The van der Waals surface area contributed by atoms with Crippen LogP contribution in [0.15, 0.2) is 54.6 Å². The first kappa shape index (κ1) is 21.0. The summed E-state index contributed by atoms with van der Waals surface area (Å²) >= 11 is 0. The molecule has 5 heteroatoms. The van der Waals surface area contributed by atoms with E-state index >= 15 is 0 Å². The molecule has 1 aliphatic rings. The molecule has 0 aromatic heterocycles. The van der Waals surface area contributed by atoms with Crippen LogP contribution in [0.4, 0.5) is 0 Å². The van der Waals surface area contributed by atoms with Crippen LogP contribution in [0.2, 0.25) is 0 Å². The molecule has 0 heterocycles. The van der Waals surface area contributed by atoms with Gasteiger partial charge in [0.2, 0.25) is 0 Å². The predicted molar refractivity (Wildman–Crippen MR) is 114 cm³/mol. The first-order chi connectivity index (χ1) is 13.4. The maximum Gasteiger partial charge on any atom is 0.411 e. The van der Waals surface area contributed by atoms with Gasteiger partial charge in [-0.1, -0.05) is 45.4 Å². The SMILES string of the molecule is COc1ccc(O[P@](=O)(O[C@@H]2C[C@H](C)CC[C@H]2C(C)C)c2ccccc2)cc1. The summed E-state index contributed by atoms with van der Waals surface area (Å²) < 4.78 is 31.6. The minimum absolute atomic E-state index is 0.0759. The van der Waals surface area contributed by atoms with Crippen molar-refractivity contribution in [1.82, 2.24) is 0 Å². The summed E-state index contributed by atoms with van der Waals surface area (Å²) in [5, 5.41) is 0.589. The van der Waals surface area contributed by atoms with E-state index in [1.807, 2.05) is 30.3 Å². The van der Waals surface area contributed by atoms with Crippen molar-refractivity contribution in [3.05, 3.63) is 54.6 Å². The van der Waals surface area contributed by atoms with Crippen LogP contribution in [-0.2, 0) is 9.09 Å². The van der Waals surface area contributed by atoms with Crippen molar-refractivity contribution >= 4 is 12.9 Å². The molecule has 1 aliphatic carbocycles. The molecule has 0 radical (unpaired) electrons. The Hall–Kier alpha value is -1.77.